The molecule has 1 unspecified atom stereocenters. The number of hydrogen-bond donors (Lipinski definition) is 3. The number of carbonyl (C=O) groups excluding carboxylic acids is 1. The van der Waals surface area contributed by atoms with E-state index in [0.717, 1.165) is 41.8 Å². The summed E-state index contributed by atoms with van der Waals surface area (Å²) in [6.07, 6.45) is 2.35. The zero-order valence-electron chi connectivity index (χ0n) is 14.8. The number of nitrogens with one attached hydrogen (secondary N) is 2. The number of nitrogens with zero attached hydrogens (tertiary/aromatic N) is 4. The van der Waals surface area contributed by atoms with E-state index in [2.05, 4.69) is 30.4 Å². The number of anilines is 1. The molecule has 142 valence electrons. The second-order valence-electron chi connectivity index (χ2n) is 6.45. The summed E-state index contributed by atoms with van der Waals surface area (Å²) in [5.74, 6) is 0.0484. The van der Waals surface area contributed by atoms with E-state index < -0.39 is 0 Å². The average molecular weight is 399 g/mol. The van der Waals surface area contributed by atoms with E-state index in [1.54, 1.807) is 0 Å². The van der Waals surface area contributed by atoms with Gasteiger partial charge in [-0.05, 0) is 19.3 Å². The maximum atomic E-state index is 12.3. The first kappa shape index (κ1) is 19.1. The Labute approximate surface area is 161 Å². The quantitative estimate of drug-likeness (QED) is 0.686. The second kappa shape index (κ2) is 8.32. The summed E-state index contributed by atoms with van der Waals surface area (Å²) in [5.41, 5.74) is 0.774. The molecule has 10 heteroatoms. The number of aromatic nitrogens is 4. The third kappa shape index (κ3) is 4.16. The zero-order valence-corrected chi connectivity index (χ0v) is 16.4. The summed E-state index contributed by atoms with van der Waals surface area (Å²) in [6.45, 7) is 5.55. The normalized spacial score (nSPS) is 16.7. The lowest BCUT2D eigenvalue weighted by atomic mass is 10.1. The van der Waals surface area contributed by atoms with E-state index in [9.17, 15) is 9.90 Å². The van der Waals surface area contributed by atoms with Crippen LogP contribution in [0.1, 0.15) is 53.9 Å². The van der Waals surface area contributed by atoms with Gasteiger partial charge in [0.15, 0.2) is 11.0 Å². The number of aromatic amines is 1. The van der Waals surface area contributed by atoms with Crippen LogP contribution in [-0.2, 0) is 6.42 Å². The molecule has 0 aliphatic carbocycles. The Hall–Kier alpha value is -1.71. The molecular formula is C16H23ClN6O2S. The Morgan fingerprint density at radius 2 is 2.19 bits per heavy atom. The average Bonchev–Trinajstić information content (AvgIpc) is 3.28. The first-order valence-corrected chi connectivity index (χ1v) is 9.95. The Kier molecular flexibility index (Phi) is 6.10. The van der Waals surface area contributed by atoms with Crippen LogP contribution < -0.4 is 10.2 Å². The molecule has 0 radical (unpaired) electrons. The molecule has 26 heavy (non-hydrogen) atoms. The highest BCUT2D eigenvalue weighted by Gasteiger charge is 2.25. The van der Waals surface area contributed by atoms with Crippen LogP contribution in [0, 0.1) is 0 Å². The molecule has 1 aliphatic heterocycles. The molecule has 1 amide bonds. The van der Waals surface area contributed by atoms with E-state index >= 15 is 0 Å². The van der Waals surface area contributed by atoms with Crippen LogP contribution in [-0.4, -0.2) is 56.9 Å². The largest absolute Gasteiger partial charge is 0.396 e. The first-order valence-electron chi connectivity index (χ1n) is 8.76. The topological polar surface area (TPSA) is 107 Å². The minimum atomic E-state index is -0.222. The van der Waals surface area contributed by atoms with Gasteiger partial charge in [-0.3, -0.25) is 4.79 Å². The molecule has 2 aromatic heterocycles. The van der Waals surface area contributed by atoms with Gasteiger partial charge in [0, 0.05) is 25.0 Å². The van der Waals surface area contributed by atoms with Crippen molar-refractivity contribution in [2.75, 3.05) is 24.6 Å². The van der Waals surface area contributed by atoms with Crippen LogP contribution in [0.25, 0.3) is 0 Å². The molecule has 0 spiro atoms. The van der Waals surface area contributed by atoms with Crippen molar-refractivity contribution >= 4 is 34.0 Å². The van der Waals surface area contributed by atoms with Crippen molar-refractivity contribution in [2.24, 2.45) is 0 Å². The number of rotatable bonds is 6. The van der Waals surface area contributed by atoms with Gasteiger partial charge in [0.1, 0.15) is 5.01 Å². The molecule has 2 aromatic rings. The number of aliphatic hydroxyl groups excluding tert-OH is 1. The van der Waals surface area contributed by atoms with Gasteiger partial charge in [0.25, 0.3) is 5.91 Å². The van der Waals surface area contributed by atoms with Gasteiger partial charge in [-0.15, -0.1) is 10.2 Å². The van der Waals surface area contributed by atoms with Gasteiger partial charge >= 0.3 is 0 Å². The van der Waals surface area contributed by atoms with Crippen LogP contribution in [0.3, 0.4) is 0 Å². The van der Waals surface area contributed by atoms with Crippen molar-refractivity contribution in [1.29, 1.82) is 0 Å². The summed E-state index contributed by atoms with van der Waals surface area (Å²) in [6, 6.07) is 0.0939. The maximum Gasteiger partial charge on any atom is 0.287 e. The van der Waals surface area contributed by atoms with Crippen LogP contribution >= 0.6 is 22.9 Å². The van der Waals surface area contributed by atoms with Gasteiger partial charge in [-0.1, -0.05) is 36.8 Å². The lowest BCUT2D eigenvalue weighted by molar-refractivity contribution is 0.0921. The third-order valence-electron chi connectivity index (χ3n) is 4.52. The molecule has 1 atom stereocenters. The fraction of sp³-hybridized carbons (Fsp3) is 0.625. The number of carbonyl (C=O) groups is 1. The molecule has 1 fully saturated rings. The van der Waals surface area contributed by atoms with Gasteiger partial charge in [0.05, 0.1) is 12.3 Å². The number of aryl methyl sites for hydroxylation is 1. The van der Waals surface area contributed by atoms with Crippen LogP contribution in [0.5, 0.6) is 0 Å². The summed E-state index contributed by atoms with van der Waals surface area (Å²) in [5, 5.41) is 22.7. The number of imidazole rings is 1. The number of amides is 1. The maximum absolute atomic E-state index is 12.3. The molecule has 8 nitrogen and oxygen atoms in total. The Morgan fingerprint density at radius 1 is 1.46 bits per heavy atom. The number of H-pyrrole nitrogens is 1. The van der Waals surface area contributed by atoms with E-state index in [1.807, 2.05) is 13.8 Å². The molecular weight excluding hydrogens is 376 g/mol. The minimum absolute atomic E-state index is 0.00575. The smallest absolute Gasteiger partial charge is 0.287 e. The molecule has 0 aromatic carbocycles. The van der Waals surface area contributed by atoms with Gasteiger partial charge in [-0.2, -0.15) is 0 Å². The van der Waals surface area contributed by atoms with Gasteiger partial charge in [-0.25, -0.2) is 4.98 Å². The monoisotopic (exact) mass is 398 g/mol. The van der Waals surface area contributed by atoms with Crippen molar-refractivity contribution in [2.45, 2.75) is 45.1 Å². The molecule has 0 bridgehead atoms. The van der Waals surface area contributed by atoms with E-state index in [-0.39, 0.29) is 30.3 Å². The SMILES string of the molecule is CCc1[nH]c(C(=O)NC2CCN(c3nnc(C(C)CO)s3)CC2)nc1Cl. The number of hydrogen-bond acceptors (Lipinski definition) is 7. The number of aliphatic hydroxyl groups is 1. The lowest BCUT2D eigenvalue weighted by Gasteiger charge is -2.31. The Bertz CT molecular complexity index is 756. The highest BCUT2D eigenvalue weighted by molar-refractivity contribution is 7.15. The molecule has 1 aliphatic rings. The van der Waals surface area contributed by atoms with Crippen molar-refractivity contribution in [3.63, 3.8) is 0 Å². The van der Waals surface area contributed by atoms with Gasteiger partial charge in [0.2, 0.25) is 5.13 Å². The molecule has 3 heterocycles. The van der Waals surface area contributed by atoms with E-state index in [4.69, 9.17) is 11.6 Å². The standard InChI is InChI=1S/C16H23ClN6O2S/c1-3-11-12(17)20-13(19-11)14(25)18-10-4-6-23(7-5-10)16-22-21-15(26-16)9(2)8-24/h9-10,24H,3-8H2,1-2H3,(H,18,25)(H,19,20). The van der Waals surface area contributed by atoms with Crippen LogP contribution in [0.15, 0.2) is 0 Å². The van der Waals surface area contributed by atoms with Crippen molar-refractivity contribution in [3.8, 4) is 0 Å². The second-order valence-corrected chi connectivity index (χ2v) is 7.80. The van der Waals surface area contributed by atoms with Crippen LogP contribution in [0.2, 0.25) is 5.15 Å². The summed E-state index contributed by atoms with van der Waals surface area (Å²) in [7, 11) is 0. The fourth-order valence-corrected chi connectivity index (χ4v) is 4.03. The Morgan fingerprint density at radius 3 is 2.81 bits per heavy atom. The molecule has 3 rings (SSSR count). The highest BCUT2D eigenvalue weighted by atomic mass is 35.5. The minimum Gasteiger partial charge on any atom is -0.396 e. The van der Waals surface area contributed by atoms with E-state index in [0.29, 0.717) is 11.6 Å². The van der Waals surface area contributed by atoms with Crippen LogP contribution in [0.4, 0.5) is 5.13 Å². The highest BCUT2D eigenvalue weighted by Crippen LogP contribution is 2.27. The molecule has 3 N–H and O–H groups in total. The summed E-state index contributed by atoms with van der Waals surface area (Å²) >= 11 is 7.51. The predicted molar refractivity (Wildman–Crippen MR) is 101 cm³/mol. The first-order chi connectivity index (χ1) is 12.5. The summed E-state index contributed by atoms with van der Waals surface area (Å²) in [4.78, 5) is 21.6. The predicted octanol–water partition coefficient (Wildman–Crippen LogP) is 1.97. The van der Waals surface area contributed by atoms with Crippen molar-refractivity contribution < 1.29 is 9.90 Å². The third-order valence-corrected chi connectivity index (χ3v) is 6.05. The van der Waals surface area contributed by atoms with E-state index in [1.165, 1.54) is 11.3 Å². The Balaban J connectivity index is 1.53. The lowest BCUT2D eigenvalue weighted by Crippen LogP contribution is -2.45. The number of halogens is 1. The molecule has 0 saturated carbocycles. The number of piperidine rings is 1. The zero-order chi connectivity index (χ0) is 18.7. The van der Waals surface area contributed by atoms with Crippen molar-refractivity contribution in [3.05, 3.63) is 21.7 Å². The van der Waals surface area contributed by atoms with Gasteiger partial charge < -0.3 is 20.3 Å². The fourth-order valence-electron chi connectivity index (χ4n) is 2.83. The molecule has 1 saturated heterocycles. The summed E-state index contributed by atoms with van der Waals surface area (Å²) < 4.78 is 0. The van der Waals surface area contributed by atoms with Crippen molar-refractivity contribution in [1.82, 2.24) is 25.5 Å².